The smallest absolute Gasteiger partial charge is 0.261 e. The molecule has 0 unspecified atom stereocenters. The number of benzene rings is 2. The molecule has 1 saturated heterocycles. The molecule has 0 saturated carbocycles. The van der Waals surface area contributed by atoms with Crippen LogP contribution in [0.15, 0.2) is 72.1 Å². The fourth-order valence-electron chi connectivity index (χ4n) is 4.19. The third-order valence-corrected chi connectivity index (χ3v) is 7.01. The molecule has 8 heteroatoms. The summed E-state index contributed by atoms with van der Waals surface area (Å²) in [6.45, 7) is 3.10. The van der Waals surface area contributed by atoms with Crippen molar-refractivity contribution in [1.29, 1.82) is 0 Å². The minimum atomic E-state index is -0.861. The lowest BCUT2D eigenvalue weighted by atomic mass is 10.0. The number of hydrogen-bond acceptors (Lipinski definition) is 5. The van der Waals surface area contributed by atoms with Gasteiger partial charge in [-0.1, -0.05) is 66.2 Å². The standard InChI is InChI=1S/C28H31N3O4S/c1-20-11-13-21(14-12-20)19-31(25(32)18-30-27(33)24-10-6-16-36-24)26(22-7-3-2-4-8-22)28(34)29-17-23-9-5-15-35-23/h2-4,6-8,10-14,16,23,26H,5,9,15,17-19H2,1H3,(H,29,34)(H,30,33)/t23-,26+/m1/s1. The Bertz CT molecular complexity index is 1140. The van der Waals surface area contributed by atoms with E-state index in [4.69, 9.17) is 4.74 Å². The first kappa shape index (κ1) is 25.6. The number of nitrogens with zero attached hydrogens (tertiary/aromatic N) is 1. The Morgan fingerprint density at radius 2 is 1.81 bits per heavy atom. The van der Waals surface area contributed by atoms with Crippen molar-refractivity contribution in [2.75, 3.05) is 19.7 Å². The average molecular weight is 506 g/mol. The second-order valence-corrected chi connectivity index (χ2v) is 9.81. The molecule has 0 aliphatic carbocycles. The van der Waals surface area contributed by atoms with E-state index in [9.17, 15) is 14.4 Å². The van der Waals surface area contributed by atoms with Gasteiger partial charge in [0.2, 0.25) is 11.8 Å². The Morgan fingerprint density at radius 1 is 1.03 bits per heavy atom. The lowest BCUT2D eigenvalue weighted by Gasteiger charge is -2.32. The Balaban J connectivity index is 1.58. The van der Waals surface area contributed by atoms with E-state index >= 15 is 0 Å². The number of hydrogen-bond donors (Lipinski definition) is 2. The minimum absolute atomic E-state index is 0.0169. The van der Waals surface area contributed by atoms with E-state index in [0.717, 1.165) is 24.0 Å². The Labute approximate surface area is 215 Å². The van der Waals surface area contributed by atoms with Crippen LogP contribution in [0.4, 0.5) is 0 Å². The van der Waals surface area contributed by atoms with E-state index in [0.29, 0.717) is 23.6 Å². The molecule has 2 N–H and O–H groups in total. The molecule has 0 bridgehead atoms. The topological polar surface area (TPSA) is 87.7 Å². The molecule has 2 atom stereocenters. The van der Waals surface area contributed by atoms with Crippen LogP contribution in [-0.4, -0.2) is 48.4 Å². The number of carbonyl (C=O) groups excluding carboxylic acids is 3. The summed E-state index contributed by atoms with van der Waals surface area (Å²) in [5.74, 6) is -0.934. The SMILES string of the molecule is Cc1ccc(CN(C(=O)CNC(=O)c2cccs2)[C@H](C(=O)NC[C@H]2CCCO2)c2ccccc2)cc1. The lowest BCUT2D eigenvalue weighted by molar-refractivity contribution is -0.141. The van der Waals surface area contributed by atoms with Crippen molar-refractivity contribution < 1.29 is 19.1 Å². The van der Waals surface area contributed by atoms with Crippen molar-refractivity contribution in [3.05, 3.63) is 93.7 Å². The molecule has 188 valence electrons. The van der Waals surface area contributed by atoms with Gasteiger partial charge in [0.25, 0.3) is 5.91 Å². The van der Waals surface area contributed by atoms with Crippen LogP contribution < -0.4 is 10.6 Å². The molecule has 4 rings (SSSR count). The highest BCUT2D eigenvalue weighted by atomic mass is 32.1. The normalized spacial score (nSPS) is 15.8. The highest BCUT2D eigenvalue weighted by molar-refractivity contribution is 7.12. The van der Waals surface area contributed by atoms with Gasteiger partial charge >= 0.3 is 0 Å². The number of aryl methyl sites for hydroxylation is 1. The molecule has 1 aliphatic rings. The van der Waals surface area contributed by atoms with Gasteiger partial charge in [-0.05, 0) is 42.3 Å². The summed E-state index contributed by atoms with van der Waals surface area (Å²) >= 11 is 1.31. The molecule has 1 aromatic heterocycles. The third kappa shape index (κ3) is 6.80. The summed E-state index contributed by atoms with van der Waals surface area (Å²) in [6.07, 6.45) is 1.86. The quantitative estimate of drug-likeness (QED) is 0.438. The van der Waals surface area contributed by atoms with Crippen molar-refractivity contribution in [1.82, 2.24) is 15.5 Å². The molecule has 0 radical (unpaired) electrons. The fraction of sp³-hybridized carbons (Fsp3) is 0.321. The van der Waals surface area contributed by atoms with Crippen molar-refractivity contribution in [3.8, 4) is 0 Å². The van der Waals surface area contributed by atoms with E-state index in [1.54, 1.807) is 17.0 Å². The van der Waals surface area contributed by atoms with E-state index in [-0.39, 0.29) is 36.9 Å². The van der Waals surface area contributed by atoms with E-state index in [1.165, 1.54) is 11.3 Å². The third-order valence-electron chi connectivity index (χ3n) is 6.14. The van der Waals surface area contributed by atoms with Crippen LogP contribution in [0.3, 0.4) is 0 Å². The van der Waals surface area contributed by atoms with Crippen LogP contribution in [-0.2, 0) is 20.9 Å². The van der Waals surface area contributed by atoms with Crippen LogP contribution in [0.1, 0.15) is 45.2 Å². The molecule has 3 amide bonds. The van der Waals surface area contributed by atoms with Crippen LogP contribution in [0.2, 0.25) is 0 Å². The molecule has 7 nitrogen and oxygen atoms in total. The first-order valence-electron chi connectivity index (χ1n) is 12.1. The molecule has 2 aromatic carbocycles. The average Bonchev–Trinajstić information content (AvgIpc) is 3.62. The summed E-state index contributed by atoms with van der Waals surface area (Å²) in [5.41, 5.74) is 2.70. The molecular weight excluding hydrogens is 474 g/mol. The number of nitrogens with one attached hydrogen (secondary N) is 2. The predicted octanol–water partition coefficient (Wildman–Crippen LogP) is 3.85. The first-order valence-corrected chi connectivity index (χ1v) is 13.0. The van der Waals surface area contributed by atoms with Gasteiger partial charge in [-0.2, -0.15) is 0 Å². The molecule has 36 heavy (non-hydrogen) atoms. The number of amides is 3. The number of thiophene rings is 1. The summed E-state index contributed by atoms with van der Waals surface area (Å²) < 4.78 is 5.66. The number of carbonyl (C=O) groups is 3. The van der Waals surface area contributed by atoms with Gasteiger partial charge in [0.15, 0.2) is 0 Å². The maximum atomic E-state index is 13.6. The van der Waals surface area contributed by atoms with E-state index in [1.807, 2.05) is 66.9 Å². The summed E-state index contributed by atoms with van der Waals surface area (Å²) in [4.78, 5) is 41.7. The summed E-state index contributed by atoms with van der Waals surface area (Å²) in [6, 6.07) is 19.8. The number of rotatable bonds is 10. The van der Waals surface area contributed by atoms with Gasteiger partial charge in [0, 0.05) is 19.7 Å². The Kier molecular flexibility index (Phi) is 8.86. The molecule has 1 aliphatic heterocycles. The predicted molar refractivity (Wildman–Crippen MR) is 140 cm³/mol. The van der Waals surface area contributed by atoms with Crippen molar-refractivity contribution in [3.63, 3.8) is 0 Å². The van der Waals surface area contributed by atoms with Gasteiger partial charge in [0.05, 0.1) is 17.5 Å². The van der Waals surface area contributed by atoms with Crippen molar-refractivity contribution in [2.45, 2.75) is 38.5 Å². The zero-order valence-corrected chi connectivity index (χ0v) is 21.1. The minimum Gasteiger partial charge on any atom is -0.376 e. The van der Waals surface area contributed by atoms with Crippen molar-refractivity contribution >= 4 is 29.1 Å². The maximum Gasteiger partial charge on any atom is 0.261 e. The Morgan fingerprint density at radius 3 is 2.47 bits per heavy atom. The van der Waals surface area contributed by atoms with Crippen LogP contribution in [0.5, 0.6) is 0 Å². The van der Waals surface area contributed by atoms with Gasteiger partial charge < -0.3 is 20.3 Å². The molecular formula is C28H31N3O4S. The molecule has 3 aromatic rings. The second-order valence-electron chi connectivity index (χ2n) is 8.86. The highest BCUT2D eigenvalue weighted by Gasteiger charge is 2.32. The second kappa shape index (κ2) is 12.5. The first-order chi connectivity index (χ1) is 17.5. The van der Waals surface area contributed by atoms with E-state index in [2.05, 4.69) is 10.6 Å². The molecule has 0 spiro atoms. The van der Waals surface area contributed by atoms with Gasteiger partial charge in [-0.25, -0.2) is 0 Å². The zero-order valence-electron chi connectivity index (χ0n) is 20.3. The van der Waals surface area contributed by atoms with Crippen LogP contribution in [0.25, 0.3) is 0 Å². The van der Waals surface area contributed by atoms with Gasteiger partial charge in [0.1, 0.15) is 6.04 Å². The van der Waals surface area contributed by atoms with Gasteiger partial charge in [-0.15, -0.1) is 11.3 Å². The molecule has 2 heterocycles. The van der Waals surface area contributed by atoms with Crippen molar-refractivity contribution in [2.24, 2.45) is 0 Å². The molecule has 1 fully saturated rings. The largest absolute Gasteiger partial charge is 0.376 e. The number of ether oxygens (including phenoxy) is 1. The van der Waals surface area contributed by atoms with Crippen LogP contribution in [0, 0.1) is 6.92 Å². The Hall–Kier alpha value is -3.49. The summed E-state index contributed by atoms with van der Waals surface area (Å²) in [5, 5.41) is 7.52. The fourth-order valence-corrected chi connectivity index (χ4v) is 4.83. The van der Waals surface area contributed by atoms with Crippen LogP contribution >= 0.6 is 11.3 Å². The zero-order chi connectivity index (χ0) is 25.3. The maximum absolute atomic E-state index is 13.6. The highest BCUT2D eigenvalue weighted by Crippen LogP contribution is 2.24. The van der Waals surface area contributed by atoms with E-state index < -0.39 is 6.04 Å². The summed E-state index contributed by atoms with van der Waals surface area (Å²) in [7, 11) is 0. The van der Waals surface area contributed by atoms with Gasteiger partial charge in [-0.3, -0.25) is 14.4 Å². The monoisotopic (exact) mass is 505 g/mol. The lowest BCUT2D eigenvalue weighted by Crippen LogP contribution is -2.47.